The maximum atomic E-state index is 13.0. The lowest BCUT2D eigenvalue weighted by Gasteiger charge is -2.19. The second kappa shape index (κ2) is 8.61. The van der Waals surface area contributed by atoms with Gasteiger partial charge in [0.1, 0.15) is 16.4 Å². The van der Waals surface area contributed by atoms with E-state index in [1.54, 1.807) is 32.0 Å². The van der Waals surface area contributed by atoms with Gasteiger partial charge in [0.25, 0.3) is 0 Å². The first-order valence-electron chi connectivity index (χ1n) is 9.14. The van der Waals surface area contributed by atoms with Gasteiger partial charge in [-0.05, 0) is 44.9 Å². The maximum Gasteiger partial charge on any atom is 0.246 e. The fraction of sp³-hybridized carbons (Fsp3) is 0.444. The SMILES string of the molecule is CCOc1ccc(NCC(=O)Nc2cc(C)on2)cc1S(=O)(=O)N1CCCC1. The number of anilines is 2. The van der Waals surface area contributed by atoms with Crippen LogP contribution < -0.4 is 15.4 Å². The zero-order chi connectivity index (χ0) is 20.1. The van der Waals surface area contributed by atoms with Gasteiger partial charge in [0.15, 0.2) is 5.82 Å². The van der Waals surface area contributed by atoms with Gasteiger partial charge >= 0.3 is 0 Å². The standard InChI is InChI=1S/C18H24N4O5S/c1-3-26-15-7-6-14(11-16(15)28(24,25)22-8-4-5-9-22)19-12-18(23)20-17-10-13(2)27-21-17/h6-7,10-11,19H,3-5,8-9,12H2,1-2H3,(H,20,21,23). The van der Waals surface area contributed by atoms with Crippen LogP contribution in [0.2, 0.25) is 0 Å². The molecule has 1 saturated heterocycles. The second-order valence-electron chi connectivity index (χ2n) is 6.43. The van der Waals surface area contributed by atoms with E-state index in [2.05, 4.69) is 15.8 Å². The van der Waals surface area contributed by atoms with Crippen molar-refractivity contribution in [2.45, 2.75) is 31.6 Å². The Morgan fingerprint density at radius 3 is 2.68 bits per heavy atom. The monoisotopic (exact) mass is 408 g/mol. The Kier molecular flexibility index (Phi) is 6.20. The number of carbonyl (C=O) groups excluding carboxylic acids is 1. The van der Waals surface area contributed by atoms with Crippen LogP contribution in [-0.2, 0) is 14.8 Å². The first-order chi connectivity index (χ1) is 13.4. The van der Waals surface area contributed by atoms with E-state index in [0.717, 1.165) is 12.8 Å². The molecule has 1 amide bonds. The smallest absolute Gasteiger partial charge is 0.246 e. The van der Waals surface area contributed by atoms with Crippen LogP contribution in [0.5, 0.6) is 5.75 Å². The van der Waals surface area contributed by atoms with E-state index in [1.165, 1.54) is 10.4 Å². The van der Waals surface area contributed by atoms with Crippen molar-refractivity contribution in [1.29, 1.82) is 0 Å². The number of nitrogens with one attached hydrogen (secondary N) is 2. The van der Waals surface area contributed by atoms with Gasteiger partial charge in [-0.1, -0.05) is 5.16 Å². The summed E-state index contributed by atoms with van der Waals surface area (Å²) >= 11 is 0. The number of rotatable bonds is 8. The summed E-state index contributed by atoms with van der Waals surface area (Å²) in [4.78, 5) is 12.2. The van der Waals surface area contributed by atoms with Crippen LogP contribution in [0.4, 0.5) is 11.5 Å². The van der Waals surface area contributed by atoms with Crippen LogP contribution in [0.1, 0.15) is 25.5 Å². The highest BCUT2D eigenvalue weighted by Gasteiger charge is 2.30. The average molecular weight is 408 g/mol. The first kappa shape index (κ1) is 20.2. The van der Waals surface area contributed by atoms with Gasteiger partial charge in [-0.2, -0.15) is 4.31 Å². The molecule has 0 bridgehead atoms. The van der Waals surface area contributed by atoms with Crippen molar-refractivity contribution in [3.8, 4) is 5.75 Å². The molecule has 3 rings (SSSR count). The molecule has 2 aromatic rings. The number of sulfonamides is 1. The summed E-state index contributed by atoms with van der Waals surface area (Å²) in [7, 11) is -3.65. The summed E-state index contributed by atoms with van der Waals surface area (Å²) in [6.45, 7) is 4.84. The largest absolute Gasteiger partial charge is 0.492 e. The number of ether oxygens (including phenoxy) is 1. The quantitative estimate of drug-likeness (QED) is 0.688. The van der Waals surface area contributed by atoms with E-state index < -0.39 is 10.0 Å². The zero-order valence-electron chi connectivity index (χ0n) is 15.9. The van der Waals surface area contributed by atoms with Crippen LogP contribution in [0.15, 0.2) is 33.7 Å². The lowest BCUT2D eigenvalue weighted by molar-refractivity contribution is -0.114. The molecule has 2 heterocycles. The van der Waals surface area contributed by atoms with Gasteiger partial charge in [-0.25, -0.2) is 8.42 Å². The predicted octanol–water partition coefficient (Wildman–Crippen LogP) is 2.22. The summed E-state index contributed by atoms with van der Waals surface area (Å²) in [6, 6.07) is 6.40. The van der Waals surface area contributed by atoms with Gasteiger partial charge < -0.3 is 19.9 Å². The van der Waals surface area contributed by atoms with Gasteiger partial charge in [-0.3, -0.25) is 4.79 Å². The minimum absolute atomic E-state index is 0.0525. The van der Waals surface area contributed by atoms with E-state index in [0.29, 0.717) is 42.7 Å². The molecule has 9 nitrogen and oxygen atoms in total. The molecule has 28 heavy (non-hydrogen) atoms. The molecular weight excluding hydrogens is 384 g/mol. The lowest BCUT2D eigenvalue weighted by Crippen LogP contribution is -2.28. The summed E-state index contributed by atoms with van der Waals surface area (Å²) in [5.74, 6) is 0.897. The molecule has 10 heteroatoms. The van der Waals surface area contributed by atoms with Crippen LogP contribution in [0.25, 0.3) is 0 Å². The van der Waals surface area contributed by atoms with E-state index in [1.807, 2.05) is 0 Å². The summed E-state index contributed by atoms with van der Waals surface area (Å²) < 4.78 is 37.8. The van der Waals surface area contributed by atoms with Crippen molar-refractivity contribution in [3.63, 3.8) is 0 Å². The molecule has 152 valence electrons. The number of hydrogen-bond acceptors (Lipinski definition) is 7. The molecule has 1 aromatic heterocycles. The van der Waals surface area contributed by atoms with Crippen LogP contribution >= 0.6 is 0 Å². The third-order valence-corrected chi connectivity index (χ3v) is 6.19. The third kappa shape index (κ3) is 4.63. The third-order valence-electron chi connectivity index (χ3n) is 4.27. The lowest BCUT2D eigenvalue weighted by atomic mass is 10.3. The van der Waals surface area contributed by atoms with Gasteiger partial charge in [0, 0.05) is 24.8 Å². The zero-order valence-corrected chi connectivity index (χ0v) is 16.7. The highest BCUT2D eigenvalue weighted by molar-refractivity contribution is 7.89. The normalized spacial score (nSPS) is 14.8. The van der Waals surface area contributed by atoms with Crippen molar-refractivity contribution < 1.29 is 22.5 Å². The van der Waals surface area contributed by atoms with Crippen molar-refractivity contribution >= 4 is 27.4 Å². The fourth-order valence-electron chi connectivity index (χ4n) is 2.96. The Labute approximate surface area is 164 Å². The molecular formula is C18H24N4O5S. The highest BCUT2D eigenvalue weighted by atomic mass is 32.2. The number of aryl methyl sites for hydroxylation is 1. The number of aromatic nitrogens is 1. The van der Waals surface area contributed by atoms with Gasteiger partial charge in [-0.15, -0.1) is 0 Å². The minimum atomic E-state index is -3.65. The Hall–Kier alpha value is -2.59. The average Bonchev–Trinajstić information content (AvgIpc) is 3.33. The Balaban J connectivity index is 1.74. The van der Waals surface area contributed by atoms with Gasteiger partial charge in [0.05, 0.1) is 13.2 Å². The predicted molar refractivity (Wildman–Crippen MR) is 104 cm³/mol. The number of nitrogens with zero attached hydrogens (tertiary/aromatic N) is 2. The molecule has 1 aromatic carbocycles. The van der Waals surface area contributed by atoms with Crippen LogP contribution in [0.3, 0.4) is 0 Å². The number of amides is 1. The van der Waals surface area contributed by atoms with E-state index in [9.17, 15) is 13.2 Å². The van der Waals surface area contributed by atoms with Crippen molar-refractivity contribution in [1.82, 2.24) is 9.46 Å². The molecule has 0 aliphatic carbocycles. The molecule has 1 aliphatic rings. The summed E-state index contributed by atoms with van der Waals surface area (Å²) in [5.41, 5.74) is 0.507. The second-order valence-corrected chi connectivity index (χ2v) is 8.34. The van der Waals surface area contributed by atoms with Crippen molar-refractivity contribution in [2.24, 2.45) is 0 Å². The summed E-state index contributed by atoms with van der Waals surface area (Å²) in [6.07, 6.45) is 1.70. The number of hydrogen-bond donors (Lipinski definition) is 2. The molecule has 1 aliphatic heterocycles. The molecule has 2 N–H and O–H groups in total. The molecule has 0 atom stereocenters. The molecule has 0 unspecified atom stereocenters. The molecule has 0 radical (unpaired) electrons. The molecule has 0 saturated carbocycles. The molecule has 0 spiro atoms. The van der Waals surface area contributed by atoms with Crippen LogP contribution in [0, 0.1) is 6.92 Å². The maximum absolute atomic E-state index is 13.0. The Bertz CT molecular complexity index is 935. The van der Waals surface area contributed by atoms with Crippen LogP contribution in [-0.4, -0.2) is 50.0 Å². The Morgan fingerprint density at radius 2 is 2.04 bits per heavy atom. The number of benzene rings is 1. The van der Waals surface area contributed by atoms with Crippen molar-refractivity contribution in [3.05, 3.63) is 30.0 Å². The number of carbonyl (C=O) groups is 1. The fourth-order valence-corrected chi connectivity index (χ4v) is 4.63. The highest BCUT2D eigenvalue weighted by Crippen LogP contribution is 2.31. The summed E-state index contributed by atoms with van der Waals surface area (Å²) in [5, 5.41) is 9.23. The first-order valence-corrected chi connectivity index (χ1v) is 10.6. The Morgan fingerprint density at radius 1 is 1.29 bits per heavy atom. The van der Waals surface area contributed by atoms with Gasteiger partial charge in [0.2, 0.25) is 15.9 Å². The van der Waals surface area contributed by atoms with Crippen molar-refractivity contribution in [2.75, 3.05) is 36.9 Å². The molecule has 1 fully saturated rings. The topological polar surface area (TPSA) is 114 Å². The van der Waals surface area contributed by atoms with E-state index >= 15 is 0 Å². The minimum Gasteiger partial charge on any atom is -0.492 e. The van der Waals surface area contributed by atoms with E-state index in [4.69, 9.17) is 9.26 Å². The van der Waals surface area contributed by atoms with E-state index in [-0.39, 0.29) is 17.3 Å².